The molecule has 3 heterocycles. The number of carbonyl (C=O) groups is 1. The van der Waals surface area contributed by atoms with Crippen molar-refractivity contribution in [2.45, 2.75) is 12.6 Å². The number of rotatable bonds is 6. The maximum Gasteiger partial charge on any atom is 0.264 e. The fourth-order valence-corrected chi connectivity index (χ4v) is 4.42. The molecule has 134 valence electrons. The quantitative estimate of drug-likeness (QED) is 0.810. The average molecular weight is 381 g/mol. The molecule has 0 saturated carbocycles. The van der Waals surface area contributed by atoms with E-state index in [0.717, 1.165) is 0 Å². The van der Waals surface area contributed by atoms with Crippen molar-refractivity contribution in [2.75, 3.05) is 25.4 Å². The van der Waals surface area contributed by atoms with Crippen LogP contribution >= 0.6 is 11.3 Å². The molecule has 1 atom stereocenters. The standard InChI is InChI=1S/C16H19N3O4S2/c20-16(15-5-3-9-24-15)19-7-8-23-14(11-19)12-25(21,22)18-10-13-4-1-2-6-17-13/h1-6,9,14,18H,7-8,10-12H2. The maximum atomic E-state index is 12.4. The molecular weight excluding hydrogens is 362 g/mol. The molecule has 1 aliphatic heterocycles. The number of nitrogens with one attached hydrogen (secondary N) is 1. The lowest BCUT2D eigenvalue weighted by molar-refractivity contribution is -0.0108. The minimum atomic E-state index is -3.53. The zero-order chi connectivity index (χ0) is 17.7. The van der Waals surface area contributed by atoms with Gasteiger partial charge < -0.3 is 9.64 Å². The molecule has 0 spiro atoms. The van der Waals surface area contributed by atoms with E-state index in [2.05, 4.69) is 9.71 Å². The summed E-state index contributed by atoms with van der Waals surface area (Å²) < 4.78 is 32.6. The number of sulfonamides is 1. The maximum absolute atomic E-state index is 12.4. The van der Waals surface area contributed by atoms with Crippen LogP contribution in [-0.4, -0.2) is 55.8 Å². The summed E-state index contributed by atoms with van der Waals surface area (Å²) in [6.45, 7) is 1.20. The molecule has 0 aromatic carbocycles. The van der Waals surface area contributed by atoms with Gasteiger partial charge in [0.25, 0.3) is 5.91 Å². The van der Waals surface area contributed by atoms with Gasteiger partial charge in [0, 0.05) is 19.3 Å². The van der Waals surface area contributed by atoms with Gasteiger partial charge in [0.2, 0.25) is 10.0 Å². The molecular formula is C16H19N3O4S2. The Bertz CT molecular complexity index is 794. The third-order valence-corrected chi connectivity index (χ3v) is 6.02. The van der Waals surface area contributed by atoms with E-state index in [-0.39, 0.29) is 24.7 Å². The van der Waals surface area contributed by atoms with E-state index in [9.17, 15) is 13.2 Å². The first kappa shape index (κ1) is 18.0. The molecule has 0 aliphatic carbocycles. The van der Waals surface area contributed by atoms with Crippen molar-refractivity contribution in [3.63, 3.8) is 0 Å². The Morgan fingerprint density at radius 2 is 2.24 bits per heavy atom. The number of ether oxygens (including phenoxy) is 1. The molecule has 25 heavy (non-hydrogen) atoms. The van der Waals surface area contributed by atoms with E-state index in [0.29, 0.717) is 23.7 Å². The van der Waals surface area contributed by atoms with E-state index < -0.39 is 16.1 Å². The van der Waals surface area contributed by atoms with Gasteiger partial charge in [-0.1, -0.05) is 12.1 Å². The van der Waals surface area contributed by atoms with Crippen LogP contribution in [0.4, 0.5) is 0 Å². The molecule has 1 fully saturated rings. The summed E-state index contributed by atoms with van der Waals surface area (Å²) in [6, 6.07) is 8.91. The highest BCUT2D eigenvalue weighted by Gasteiger charge is 2.29. The number of aromatic nitrogens is 1. The first-order valence-corrected chi connectivity index (χ1v) is 10.4. The molecule has 1 saturated heterocycles. The molecule has 1 aliphatic rings. The topological polar surface area (TPSA) is 88.6 Å². The zero-order valence-electron chi connectivity index (χ0n) is 13.5. The van der Waals surface area contributed by atoms with Crippen LogP contribution in [0.25, 0.3) is 0 Å². The van der Waals surface area contributed by atoms with Crippen molar-refractivity contribution in [3.8, 4) is 0 Å². The van der Waals surface area contributed by atoms with Gasteiger partial charge in [-0.15, -0.1) is 11.3 Å². The van der Waals surface area contributed by atoms with Gasteiger partial charge >= 0.3 is 0 Å². The second kappa shape index (κ2) is 8.05. The monoisotopic (exact) mass is 381 g/mol. The molecule has 2 aromatic heterocycles. The van der Waals surface area contributed by atoms with Crippen molar-refractivity contribution >= 4 is 27.3 Å². The Labute approximate surface area is 150 Å². The van der Waals surface area contributed by atoms with Gasteiger partial charge in [0.15, 0.2) is 0 Å². The average Bonchev–Trinajstić information content (AvgIpc) is 3.15. The fourth-order valence-electron chi connectivity index (χ4n) is 2.55. The highest BCUT2D eigenvalue weighted by Crippen LogP contribution is 2.15. The van der Waals surface area contributed by atoms with Gasteiger partial charge in [-0.2, -0.15) is 0 Å². The van der Waals surface area contributed by atoms with E-state index in [1.165, 1.54) is 11.3 Å². The van der Waals surface area contributed by atoms with Crippen LogP contribution in [0, 0.1) is 0 Å². The Hall–Kier alpha value is -1.81. The van der Waals surface area contributed by atoms with Crippen LogP contribution in [-0.2, 0) is 21.3 Å². The number of morpholine rings is 1. The summed E-state index contributed by atoms with van der Waals surface area (Å²) in [5.74, 6) is -0.268. The molecule has 0 radical (unpaired) electrons. The first-order chi connectivity index (χ1) is 12.0. The second-order valence-corrected chi connectivity index (χ2v) is 8.44. The lowest BCUT2D eigenvalue weighted by atomic mass is 10.3. The first-order valence-electron chi connectivity index (χ1n) is 7.85. The van der Waals surface area contributed by atoms with Crippen LogP contribution in [0.2, 0.25) is 0 Å². The van der Waals surface area contributed by atoms with Gasteiger partial charge in [-0.05, 0) is 23.6 Å². The van der Waals surface area contributed by atoms with Crippen molar-refractivity contribution < 1.29 is 17.9 Å². The molecule has 2 aromatic rings. The highest BCUT2D eigenvalue weighted by atomic mass is 32.2. The lowest BCUT2D eigenvalue weighted by Crippen LogP contribution is -2.48. The SMILES string of the molecule is O=C(c1cccs1)N1CCOC(CS(=O)(=O)NCc2ccccn2)C1. The minimum Gasteiger partial charge on any atom is -0.373 e. The molecule has 1 N–H and O–H groups in total. The summed E-state index contributed by atoms with van der Waals surface area (Å²) in [4.78, 5) is 18.8. The van der Waals surface area contributed by atoms with E-state index >= 15 is 0 Å². The smallest absolute Gasteiger partial charge is 0.264 e. The summed E-state index contributed by atoms with van der Waals surface area (Å²) >= 11 is 1.38. The Kier molecular flexibility index (Phi) is 5.79. The van der Waals surface area contributed by atoms with E-state index in [1.54, 1.807) is 35.4 Å². The predicted octanol–water partition coefficient (Wildman–Crippen LogP) is 1.10. The zero-order valence-corrected chi connectivity index (χ0v) is 15.1. The number of pyridine rings is 1. The fraction of sp³-hybridized carbons (Fsp3) is 0.375. The normalized spacial score (nSPS) is 18.2. The number of thiophene rings is 1. The summed E-state index contributed by atoms with van der Waals surface area (Å²) in [7, 11) is -3.53. The number of amides is 1. The summed E-state index contributed by atoms with van der Waals surface area (Å²) in [5, 5.41) is 1.84. The third kappa shape index (κ3) is 5.08. The molecule has 3 rings (SSSR count). The van der Waals surface area contributed by atoms with Crippen molar-refractivity contribution in [1.29, 1.82) is 0 Å². The van der Waals surface area contributed by atoms with Crippen LogP contribution in [0.5, 0.6) is 0 Å². The number of carbonyl (C=O) groups excluding carboxylic acids is 1. The van der Waals surface area contributed by atoms with Gasteiger partial charge in [0.05, 0.1) is 35.6 Å². The predicted molar refractivity (Wildman–Crippen MR) is 94.8 cm³/mol. The molecule has 1 unspecified atom stereocenters. The van der Waals surface area contributed by atoms with Crippen LogP contribution in [0.3, 0.4) is 0 Å². The third-order valence-electron chi connectivity index (χ3n) is 3.76. The second-order valence-electron chi connectivity index (χ2n) is 5.64. The Morgan fingerprint density at radius 3 is 2.96 bits per heavy atom. The van der Waals surface area contributed by atoms with Gasteiger partial charge in [0.1, 0.15) is 0 Å². The van der Waals surface area contributed by atoms with Crippen molar-refractivity contribution in [1.82, 2.24) is 14.6 Å². The largest absolute Gasteiger partial charge is 0.373 e. The Balaban J connectivity index is 1.55. The van der Waals surface area contributed by atoms with E-state index in [4.69, 9.17) is 4.74 Å². The molecule has 1 amide bonds. The Morgan fingerprint density at radius 1 is 1.36 bits per heavy atom. The van der Waals surface area contributed by atoms with Crippen molar-refractivity contribution in [3.05, 3.63) is 52.5 Å². The van der Waals surface area contributed by atoms with Crippen LogP contribution in [0.15, 0.2) is 41.9 Å². The summed E-state index contributed by atoms with van der Waals surface area (Å²) in [5.41, 5.74) is 0.644. The number of hydrogen-bond acceptors (Lipinski definition) is 6. The van der Waals surface area contributed by atoms with Gasteiger partial charge in [-0.25, -0.2) is 13.1 Å². The molecule has 9 heteroatoms. The van der Waals surface area contributed by atoms with Gasteiger partial charge in [-0.3, -0.25) is 9.78 Å². The number of hydrogen-bond donors (Lipinski definition) is 1. The summed E-state index contributed by atoms with van der Waals surface area (Å²) in [6.07, 6.45) is 1.07. The highest BCUT2D eigenvalue weighted by molar-refractivity contribution is 7.89. The van der Waals surface area contributed by atoms with Crippen molar-refractivity contribution in [2.24, 2.45) is 0 Å². The van der Waals surface area contributed by atoms with E-state index in [1.807, 2.05) is 11.4 Å². The van der Waals surface area contributed by atoms with Crippen LogP contribution < -0.4 is 4.72 Å². The number of nitrogens with zero attached hydrogens (tertiary/aromatic N) is 2. The molecule has 0 bridgehead atoms. The lowest BCUT2D eigenvalue weighted by Gasteiger charge is -2.32. The van der Waals surface area contributed by atoms with Crippen LogP contribution in [0.1, 0.15) is 15.4 Å². The minimum absolute atomic E-state index is 0.0813. The molecule has 7 nitrogen and oxygen atoms in total.